The van der Waals surface area contributed by atoms with E-state index in [-0.39, 0.29) is 5.91 Å². The van der Waals surface area contributed by atoms with Gasteiger partial charge in [0, 0.05) is 55.7 Å². The minimum atomic E-state index is 0.0780. The van der Waals surface area contributed by atoms with E-state index in [1.165, 1.54) is 0 Å². The van der Waals surface area contributed by atoms with Crippen LogP contribution >= 0.6 is 0 Å². The number of carbonyl (C=O) groups excluding carboxylic acids is 1. The smallest absolute Gasteiger partial charge is 0.254 e. The standard InChI is InChI=1S/C19H18N4O/c24-19(16-5-3-4-15-7-9-20-14-17(15)16)23-12-10-22(11-13-23)18-6-1-2-8-21-18/h1-9,14H,10-13H2. The molecule has 0 saturated carbocycles. The average molecular weight is 318 g/mol. The Bertz CT molecular complexity index is 852. The van der Waals surface area contributed by atoms with E-state index in [9.17, 15) is 4.79 Å². The van der Waals surface area contributed by atoms with E-state index >= 15 is 0 Å². The van der Waals surface area contributed by atoms with Gasteiger partial charge in [0.15, 0.2) is 0 Å². The largest absolute Gasteiger partial charge is 0.353 e. The Hall–Kier alpha value is -2.95. The van der Waals surface area contributed by atoms with Crippen molar-refractivity contribution >= 4 is 22.5 Å². The number of aromatic nitrogens is 2. The summed E-state index contributed by atoms with van der Waals surface area (Å²) < 4.78 is 0. The van der Waals surface area contributed by atoms with Crippen LogP contribution in [0.25, 0.3) is 10.8 Å². The van der Waals surface area contributed by atoms with Gasteiger partial charge < -0.3 is 9.80 Å². The molecule has 120 valence electrons. The number of piperazine rings is 1. The second kappa shape index (κ2) is 6.28. The number of hydrogen-bond donors (Lipinski definition) is 0. The Morgan fingerprint density at radius 2 is 1.79 bits per heavy atom. The quantitative estimate of drug-likeness (QED) is 0.729. The molecule has 0 atom stereocenters. The highest BCUT2D eigenvalue weighted by atomic mass is 16.2. The first kappa shape index (κ1) is 14.6. The molecule has 24 heavy (non-hydrogen) atoms. The molecule has 1 saturated heterocycles. The summed E-state index contributed by atoms with van der Waals surface area (Å²) in [5.41, 5.74) is 0.729. The zero-order chi connectivity index (χ0) is 16.4. The van der Waals surface area contributed by atoms with Crippen molar-refractivity contribution in [3.63, 3.8) is 0 Å². The summed E-state index contributed by atoms with van der Waals surface area (Å²) in [6.45, 7) is 3.00. The summed E-state index contributed by atoms with van der Waals surface area (Å²) in [6, 6.07) is 13.7. The molecule has 0 spiro atoms. The van der Waals surface area contributed by atoms with Gasteiger partial charge in [-0.25, -0.2) is 4.98 Å². The first-order valence-electron chi connectivity index (χ1n) is 8.11. The fourth-order valence-corrected chi connectivity index (χ4v) is 3.15. The van der Waals surface area contributed by atoms with Gasteiger partial charge in [-0.1, -0.05) is 18.2 Å². The highest BCUT2D eigenvalue weighted by molar-refractivity contribution is 6.06. The molecule has 1 amide bonds. The zero-order valence-electron chi connectivity index (χ0n) is 13.3. The van der Waals surface area contributed by atoms with E-state index in [1.807, 2.05) is 47.4 Å². The summed E-state index contributed by atoms with van der Waals surface area (Å²) in [4.78, 5) is 25.6. The molecule has 5 heteroatoms. The normalized spacial score (nSPS) is 14.8. The van der Waals surface area contributed by atoms with Crippen molar-refractivity contribution in [1.29, 1.82) is 0 Å². The molecule has 4 rings (SSSR count). The van der Waals surface area contributed by atoms with Crippen molar-refractivity contribution < 1.29 is 4.79 Å². The lowest BCUT2D eigenvalue weighted by atomic mass is 10.1. The van der Waals surface area contributed by atoms with Crippen LogP contribution in [0.5, 0.6) is 0 Å². The number of carbonyl (C=O) groups is 1. The Kier molecular flexibility index (Phi) is 3.83. The van der Waals surface area contributed by atoms with Crippen molar-refractivity contribution in [3.05, 3.63) is 66.6 Å². The maximum Gasteiger partial charge on any atom is 0.254 e. The highest BCUT2D eigenvalue weighted by Gasteiger charge is 2.23. The average Bonchev–Trinajstić information content (AvgIpc) is 2.68. The van der Waals surface area contributed by atoms with Gasteiger partial charge >= 0.3 is 0 Å². The molecule has 3 aromatic rings. The third-order valence-electron chi connectivity index (χ3n) is 4.45. The lowest BCUT2D eigenvalue weighted by Gasteiger charge is -2.35. The second-order valence-corrected chi connectivity index (χ2v) is 5.87. The predicted octanol–water partition coefficient (Wildman–Crippen LogP) is 2.59. The monoisotopic (exact) mass is 318 g/mol. The number of amides is 1. The van der Waals surface area contributed by atoms with Crippen molar-refractivity contribution in [2.75, 3.05) is 31.1 Å². The zero-order valence-corrected chi connectivity index (χ0v) is 13.3. The molecule has 1 fully saturated rings. The van der Waals surface area contributed by atoms with E-state index in [0.717, 1.165) is 35.2 Å². The number of benzene rings is 1. The van der Waals surface area contributed by atoms with E-state index in [0.29, 0.717) is 13.1 Å². The van der Waals surface area contributed by atoms with Crippen LogP contribution in [0.15, 0.2) is 61.1 Å². The molecule has 2 aromatic heterocycles. The number of anilines is 1. The van der Waals surface area contributed by atoms with E-state index in [4.69, 9.17) is 0 Å². The molecular weight excluding hydrogens is 300 g/mol. The van der Waals surface area contributed by atoms with Crippen molar-refractivity contribution in [3.8, 4) is 0 Å². The number of pyridine rings is 2. The fraction of sp³-hybridized carbons (Fsp3) is 0.211. The lowest BCUT2D eigenvalue weighted by molar-refractivity contribution is 0.0748. The topological polar surface area (TPSA) is 49.3 Å². The van der Waals surface area contributed by atoms with Gasteiger partial charge in [0.05, 0.1) is 0 Å². The van der Waals surface area contributed by atoms with Gasteiger partial charge in [-0.15, -0.1) is 0 Å². The Morgan fingerprint density at radius 1 is 0.917 bits per heavy atom. The molecule has 0 aliphatic carbocycles. The molecule has 1 aromatic carbocycles. The Labute approximate surface area is 140 Å². The van der Waals surface area contributed by atoms with Gasteiger partial charge in [0.1, 0.15) is 5.82 Å². The van der Waals surface area contributed by atoms with E-state index in [2.05, 4.69) is 14.9 Å². The SMILES string of the molecule is O=C(c1cccc2ccncc12)N1CCN(c2ccccn2)CC1. The van der Waals surface area contributed by atoms with Gasteiger partial charge in [0.2, 0.25) is 0 Å². The lowest BCUT2D eigenvalue weighted by Crippen LogP contribution is -2.49. The first-order chi connectivity index (χ1) is 11.8. The van der Waals surface area contributed by atoms with Gasteiger partial charge in [-0.3, -0.25) is 9.78 Å². The van der Waals surface area contributed by atoms with Gasteiger partial charge in [0.25, 0.3) is 5.91 Å². The third kappa shape index (κ3) is 2.69. The summed E-state index contributed by atoms with van der Waals surface area (Å²) in [7, 11) is 0. The summed E-state index contributed by atoms with van der Waals surface area (Å²) >= 11 is 0. The molecule has 0 N–H and O–H groups in total. The van der Waals surface area contributed by atoms with Gasteiger partial charge in [-0.2, -0.15) is 0 Å². The van der Waals surface area contributed by atoms with Crippen LogP contribution in [-0.2, 0) is 0 Å². The fourth-order valence-electron chi connectivity index (χ4n) is 3.15. The number of hydrogen-bond acceptors (Lipinski definition) is 4. The minimum Gasteiger partial charge on any atom is -0.353 e. The molecule has 5 nitrogen and oxygen atoms in total. The number of nitrogens with zero attached hydrogens (tertiary/aromatic N) is 4. The maximum atomic E-state index is 12.9. The van der Waals surface area contributed by atoms with Crippen molar-refractivity contribution in [2.45, 2.75) is 0 Å². The molecule has 0 radical (unpaired) electrons. The van der Waals surface area contributed by atoms with Crippen LogP contribution in [0.1, 0.15) is 10.4 Å². The molecular formula is C19H18N4O. The molecule has 1 aliphatic rings. The third-order valence-corrected chi connectivity index (χ3v) is 4.45. The molecule has 1 aliphatic heterocycles. The van der Waals surface area contributed by atoms with Crippen LogP contribution < -0.4 is 4.90 Å². The van der Waals surface area contributed by atoms with E-state index in [1.54, 1.807) is 18.6 Å². The van der Waals surface area contributed by atoms with Crippen LogP contribution in [0.2, 0.25) is 0 Å². The minimum absolute atomic E-state index is 0.0780. The Balaban J connectivity index is 1.52. The number of rotatable bonds is 2. The maximum absolute atomic E-state index is 12.9. The first-order valence-corrected chi connectivity index (χ1v) is 8.11. The molecule has 3 heterocycles. The molecule has 0 bridgehead atoms. The summed E-state index contributed by atoms with van der Waals surface area (Å²) in [5, 5.41) is 1.96. The van der Waals surface area contributed by atoms with Crippen LogP contribution in [0.3, 0.4) is 0 Å². The van der Waals surface area contributed by atoms with Gasteiger partial charge in [-0.05, 0) is 29.7 Å². The van der Waals surface area contributed by atoms with Crippen molar-refractivity contribution in [2.24, 2.45) is 0 Å². The Morgan fingerprint density at radius 3 is 2.58 bits per heavy atom. The highest BCUT2D eigenvalue weighted by Crippen LogP contribution is 2.20. The second-order valence-electron chi connectivity index (χ2n) is 5.87. The predicted molar refractivity (Wildman–Crippen MR) is 94.1 cm³/mol. The molecule has 0 unspecified atom stereocenters. The number of fused-ring (bicyclic) bond motifs is 1. The van der Waals surface area contributed by atoms with Crippen molar-refractivity contribution in [1.82, 2.24) is 14.9 Å². The summed E-state index contributed by atoms with van der Waals surface area (Å²) in [5.74, 6) is 1.05. The van der Waals surface area contributed by atoms with Crippen LogP contribution in [-0.4, -0.2) is 47.0 Å². The van der Waals surface area contributed by atoms with E-state index < -0.39 is 0 Å². The summed E-state index contributed by atoms with van der Waals surface area (Å²) in [6.07, 6.45) is 5.32. The van der Waals surface area contributed by atoms with Crippen LogP contribution in [0, 0.1) is 0 Å². The van der Waals surface area contributed by atoms with Crippen LogP contribution in [0.4, 0.5) is 5.82 Å².